The van der Waals surface area contributed by atoms with Crippen LogP contribution in [0, 0.1) is 0 Å². The van der Waals surface area contributed by atoms with Crippen molar-refractivity contribution in [3.63, 3.8) is 0 Å². The molecular formula is C15H22N2O2. The third-order valence-electron chi connectivity index (χ3n) is 3.91. The largest absolute Gasteiger partial charge is 0.486 e. The van der Waals surface area contributed by atoms with Gasteiger partial charge in [-0.15, -0.1) is 0 Å². The lowest BCUT2D eigenvalue weighted by Crippen LogP contribution is -2.38. The summed E-state index contributed by atoms with van der Waals surface area (Å²) in [6, 6.07) is 7.34. The Labute approximate surface area is 114 Å². The van der Waals surface area contributed by atoms with E-state index in [1.807, 2.05) is 6.07 Å². The molecule has 0 amide bonds. The lowest BCUT2D eigenvalue weighted by Gasteiger charge is -2.31. The predicted molar refractivity (Wildman–Crippen MR) is 76.3 cm³/mol. The molecule has 3 rings (SSSR count). The molecule has 0 bridgehead atoms. The number of nitrogens with one attached hydrogen (secondary N) is 1. The monoisotopic (exact) mass is 262 g/mol. The Kier molecular flexibility index (Phi) is 3.51. The Morgan fingerprint density at radius 1 is 1.16 bits per heavy atom. The molecule has 0 aliphatic carbocycles. The van der Waals surface area contributed by atoms with E-state index in [2.05, 4.69) is 36.2 Å². The topological polar surface area (TPSA) is 33.7 Å². The third kappa shape index (κ3) is 2.63. The van der Waals surface area contributed by atoms with Crippen molar-refractivity contribution in [1.82, 2.24) is 5.32 Å². The third-order valence-corrected chi connectivity index (χ3v) is 3.91. The fraction of sp³-hybridized carbons (Fsp3) is 0.600. The summed E-state index contributed by atoms with van der Waals surface area (Å²) in [4.78, 5) is 2.46. The molecular weight excluding hydrogens is 240 g/mol. The van der Waals surface area contributed by atoms with Gasteiger partial charge in [0.25, 0.3) is 0 Å². The summed E-state index contributed by atoms with van der Waals surface area (Å²) in [5, 5.41) is 3.54. The maximum atomic E-state index is 5.68. The van der Waals surface area contributed by atoms with Crippen molar-refractivity contribution in [3.05, 3.63) is 18.2 Å². The predicted octanol–water partition coefficient (Wildman–Crippen LogP) is 2.03. The Morgan fingerprint density at radius 3 is 2.79 bits per heavy atom. The van der Waals surface area contributed by atoms with Gasteiger partial charge in [-0.3, -0.25) is 0 Å². The van der Waals surface area contributed by atoms with E-state index in [-0.39, 0.29) is 0 Å². The zero-order valence-electron chi connectivity index (χ0n) is 11.7. The molecule has 0 spiro atoms. The second-order valence-corrected chi connectivity index (χ2v) is 5.47. The zero-order chi connectivity index (χ0) is 13.2. The van der Waals surface area contributed by atoms with Crippen molar-refractivity contribution in [2.45, 2.75) is 32.4 Å². The van der Waals surface area contributed by atoms with Gasteiger partial charge in [-0.25, -0.2) is 0 Å². The molecule has 1 saturated heterocycles. The molecule has 1 N–H and O–H groups in total. The number of nitrogens with zero attached hydrogens (tertiary/aromatic N) is 1. The quantitative estimate of drug-likeness (QED) is 0.839. The molecule has 1 fully saturated rings. The first-order valence-corrected chi connectivity index (χ1v) is 7.14. The van der Waals surface area contributed by atoms with Gasteiger partial charge in [0, 0.05) is 30.4 Å². The van der Waals surface area contributed by atoms with E-state index >= 15 is 0 Å². The van der Waals surface area contributed by atoms with Crippen molar-refractivity contribution in [3.8, 4) is 11.5 Å². The molecule has 0 saturated carbocycles. The minimum absolute atomic E-state index is 0.512. The highest BCUT2D eigenvalue weighted by Gasteiger charge is 2.22. The van der Waals surface area contributed by atoms with Crippen LogP contribution in [0.1, 0.15) is 20.3 Å². The van der Waals surface area contributed by atoms with E-state index in [9.17, 15) is 0 Å². The van der Waals surface area contributed by atoms with Crippen LogP contribution in [0.25, 0.3) is 0 Å². The standard InChI is InChI=1S/C15H22N2O2/c1-11-10-17(12(2)5-6-16-11)13-3-4-14-15(9-13)19-8-7-18-14/h3-4,9,11-12,16H,5-8,10H2,1-2H3. The number of anilines is 1. The highest BCUT2D eigenvalue weighted by Crippen LogP contribution is 2.35. The van der Waals surface area contributed by atoms with E-state index < -0.39 is 0 Å². The molecule has 1 aromatic rings. The summed E-state index contributed by atoms with van der Waals surface area (Å²) >= 11 is 0. The lowest BCUT2D eigenvalue weighted by atomic mass is 10.1. The van der Waals surface area contributed by atoms with Gasteiger partial charge in [0.2, 0.25) is 0 Å². The Morgan fingerprint density at radius 2 is 1.95 bits per heavy atom. The first-order chi connectivity index (χ1) is 9.24. The molecule has 19 heavy (non-hydrogen) atoms. The zero-order valence-corrected chi connectivity index (χ0v) is 11.7. The van der Waals surface area contributed by atoms with Crippen LogP contribution in [0.15, 0.2) is 18.2 Å². The number of rotatable bonds is 1. The van der Waals surface area contributed by atoms with Gasteiger partial charge < -0.3 is 19.7 Å². The van der Waals surface area contributed by atoms with Gasteiger partial charge in [0.1, 0.15) is 13.2 Å². The van der Waals surface area contributed by atoms with Crippen molar-refractivity contribution < 1.29 is 9.47 Å². The summed E-state index contributed by atoms with van der Waals surface area (Å²) in [5.74, 6) is 1.74. The van der Waals surface area contributed by atoms with E-state index in [1.165, 1.54) is 12.1 Å². The number of ether oxygens (including phenoxy) is 2. The molecule has 2 heterocycles. The van der Waals surface area contributed by atoms with Gasteiger partial charge in [0.15, 0.2) is 11.5 Å². The highest BCUT2D eigenvalue weighted by molar-refractivity contribution is 5.57. The lowest BCUT2D eigenvalue weighted by molar-refractivity contribution is 0.171. The van der Waals surface area contributed by atoms with Crippen LogP contribution in [-0.4, -0.2) is 38.4 Å². The van der Waals surface area contributed by atoms with E-state index in [1.54, 1.807) is 0 Å². The summed E-state index contributed by atoms with van der Waals surface area (Å²) in [7, 11) is 0. The van der Waals surface area contributed by atoms with Crippen molar-refractivity contribution >= 4 is 5.69 Å². The Hall–Kier alpha value is -1.42. The number of hydrogen-bond acceptors (Lipinski definition) is 4. The number of hydrogen-bond donors (Lipinski definition) is 1. The number of benzene rings is 1. The van der Waals surface area contributed by atoms with Crippen LogP contribution >= 0.6 is 0 Å². The highest BCUT2D eigenvalue weighted by atomic mass is 16.6. The van der Waals surface area contributed by atoms with Crippen LogP contribution in [0.5, 0.6) is 11.5 Å². The molecule has 2 unspecified atom stereocenters. The first kappa shape index (κ1) is 12.6. The normalized spacial score (nSPS) is 26.9. The average Bonchev–Trinajstić information content (AvgIpc) is 2.60. The maximum Gasteiger partial charge on any atom is 0.163 e. The van der Waals surface area contributed by atoms with Gasteiger partial charge in [-0.05, 0) is 38.9 Å². The Balaban J connectivity index is 1.87. The second-order valence-electron chi connectivity index (χ2n) is 5.47. The molecule has 4 nitrogen and oxygen atoms in total. The molecule has 104 valence electrons. The average molecular weight is 262 g/mol. The minimum atomic E-state index is 0.512. The first-order valence-electron chi connectivity index (χ1n) is 7.14. The second kappa shape index (κ2) is 5.29. The van der Waals surface area contributed by atoms with Crippen LogP contribution in [0.4, 0.5) is 5.69 Å². The van der Waals surface area contributed by atoms with E-state index in [4.69, 9.17) is 9.47 Å². The van der Waals surface area contributed by atoms with E-state index in [0.29, 0.717) is 25.3 Å². The number of fused-ring (bicyclic) bond motifs is 1. The summed E-state index contributed by atoms with van der Waals surface area (Å²) in [5.41, 5.74) is 1.23. The molecule has 1 aromatic carbocycles. The van der Waals surface area contributed by atoms with Gasteiger partial charge >= 0.3 is 0 Å². The van der Waals surface area contributed by atoms with Gasteiger partial charge in [-0.1, -0.05) is 0 Å². The molecule has 4 heteroatoms. The SMILES string of the molecule is CC1CN(c2ccc3c(c2)OCCO3)C(C)CCN1. The van der Waals surface area contributed by atoms with Crippen LogP contribution in [0.2, 0.25) is 0 Å². The molecule has 0 aromatic heterocycles. The van der Waals surface area contributed by atoms with Crippen LogP contribution < -0.4 is 19.7 Å². The molecule has 2 aliphatic heterocycles. The smallest absolute Gasteiger partial charge is 0.163 e. The van der Waals surface area contributed by atoms with Crippen molar-refractivity contribution in [2.24, 2.45) is 0 Å². The summed E-state index contributed by atoms with van der Waals surface area (Å²) < 4.78 is 11.3. The molecule has 2 aliphatic rings. The fourth-order valence-electron chi connectivity index (χ4n) is 2.80. The van der Waals surface area contributed by atoms with Crippen molar-refractivity contribution in [1.29, 1.82) is 0 Å². The molecule has 2 atom stereocenters. The van der Waals surface area contributed by atoms with Gasteiger partial charge in [-0.2, -0.15) is 0 Å². The molecule has 0 radical (unpaired) electrons. The minimum Gasteiger partial charge on any atom is -0.486 e. The van der Waals surface area contributed by atoms with Crippen molar-refractivity contribution in [2.75, 3.05) is 31.2 Å². The van der Waals surface area contributed by atoms with Crippen LogP contribution in [-0.2, 0) is 0 Å². The Bertz CT molecular complexity index is 450. The summed E-state index contributed by atoms with van der Waals surface area (Å²) in [6.45, 7) is 7.93. The maximum absolute atomic E-state index is 5.68. The summed E-state index contributed by atoms with van der Waals surface area (Å²) in [6.07, 6.45) is 1.17. The fourth-order valence-corrected chi connectivity index (χ4v) is 2.80. The van der Waals surface area contributed by atoms with Crippen LogP contribution in [0.3, 0.4) is 0 Å². The van der Waals surface area contributed by atoms with Gasteiger partial charge in [0.05, 0.1) is 0 Å². The van der Waals surface area contributed by atoms with E-state index in [0.717, 1.165) is 24.6 Å².